The van der Waals surface area contributed by atoms with Crippen LogP contribution in [0.15, 0.2) is 27.6 Å². The van der Waals surface area contributed by atoms with E-state index >= 15 is 0 Å². The summed E-state index contributed by atoms with van der Waals surface area (Å²) in [6, 6.07) is 2.18. The predicted molar refractivity (Wildman–Crippen MR) is 75.5 cm³/mol. The van der Waals surface area contributed by atoms with Crippen LogP contribution < -0.4 is 10.5 Å². The van der Waals surface area contributed by atoms with E-state index in [1.807, 2.05) is 6.92 Å². The Morgan fingerprint density at radius 3 is 2.76 bits per heavy atom. The van der Waals surface area contributed by atoms with Crippen molar-refractivity contribution >= 4 is 15.7 Å². The fraction of sp³-hybridized carbons (Fsp3) is 0.308. The van der Waals surface area contributed by atoms with Crippen molar-refractivity contribution in [3.05, 3.63) is 41.4 Å². The van der Waals surface area contributed by atoms with Gasteiger partial charge in [0.25, 0.3) is 0 Å². The van der Waals surface area contributed by atoms with Gasteiger partial charge in [-0.1, -0.05) is 6.92 Å². The van der Waals surface area contributed by atoms with Gasteiger partial charge in [0.15, 0.2) is 0 Å². The number of anilines is 1. The number of nitrogens with zero attached hydrogens (tertiary/aromatic N) is 1. The van der Waals surface area contributed by atoms with E-state index in [4.69, 9.17) is 10.2 Å². The third kappa shape index (κ3) is 3.40. The number of sulfonamides is 1. The summed E-state index contributed by atoms with van der Waals surface area (Å²) >= 11 is 0. The Kier molecular flexibility index (Phi) is 4.29. The van der Waals surface area contributed by atoms with Crippen molar-refractivity contribution in [2.24, 2.45) is 0 Å². The highest BCUT2D eigenvalue weighted by atomic mass is 32.2. The normalized spacial score (nSPS) is 11.8. The molecule has 8 heteroatoms. The molecule has 0 saturated carbocycles. The molecule has 1 heterocycles. The van der Waals surface area contributed by atoms with Crippen LogP contribution in [0.5, 0.6) is 0 Å². The molecule has 0 aliphatic heterocycles. The van der Waals surface area contributed by atoms with E-state index in [2.05, 4.69) is 9.71 Å². The Balaban J connectivity index is 2.20. The van der Waals surface area contributed by atoms with E-state index < -0.39 is 20.7 Å². The molecule has 6 nitrogen and oxygen atoms in total. The molecule has 0 unspecified atom stereocenters. The summed E-state index contributed by atoms with van der Waals surface area (Å²) in [5, 5.41) is 0. The van der Waals surface area contributed by atoms with Crippen molar-refractivity contribution in [1.29, 1.82) is 0 Å². The van der Waals surface area contributed by atoms with Crippen LogP contribution >= 0.6 is 0 Å². The first-order chi connectivity index (χ1) is 9.83. The molecule has 0 aliphatic carbocycles. The first kappa shape index (κ1) is 15.5. The Morgan fingerprint density at radius 2 is 2.14 bits per heavy atom. The number of aryl methyl sites for hydroxylation is 2. The van der Waals surface area contributed by atoms with Gasteiger partial charge in [-0.15, -0.1) is 0 Å². The summed E-state index contributed by atoms with van der Waals surface area (Å²) in [6.07, 6.45) is 2.18. The third-order valence-corrected chi connectivity index (χ3v) is 4.39. The van der Waals surface area contributed by atoms with Crippen LogP contribution in [0.25, 0.3) is 0 Å². The maximum absolute atomic E-state index is 13.8. The quantitative estimate of drug-likeness (QED) is 0.819. The molecule has 1 aromatic carbocycles. The van der Waals surface area contributed by atoms with Crippen LogP contribution in [0.1, 0.15) is 24.1 Å². The van der Waals surface area contributed by atoms with Crippen molar-refractivity contribution in [2.75, 3.05) is 5.73 Å². The van der Waals surface area contributed by atoms with Gasteiger partial charge < -0.3 is 10.2 Å². The molecule has 0 fully saturated rings. The molecule has 0 bridgehead atoms. The Bertz CT molecular complexity index is 756. The molecule has 114 valence electrons. The van der Waals surface area contributed by atoms with E-state index in [-0.39, 0.29) is 18.1 Å². The van der Waals surface area contributed by atoms with Gasteiger partial charge in [-0.2, -0.15) is 0 Å². The minimum absolute atomic E-state index is 0.157. The smallest absolute Gasteiger partial charge is 0.244 e. The Labute approximate surface area is 122 Å². The van der Waals surface area contributed by atoms with Crippen LogP contribution in [0.4, 0.5) is 10.1 Å². The molecular formula is C13H16FN3O3S. The van der Waals surface area contributed by atoms with Gasteiger partial charge in [0.2, 0.25) is 15.9 Å². The largest absolute Gasteiger partial charge is 0.444 e. The van der Waals surface area contributed by atoms with E-state index in [9.17, 15) is 12.8 Å². The number of nitrogen functional groups attached to an aromatic ring is 1. The minimum Gasteiger partial charge on any atom is -0.444 e. The molecule has 3 N–H and O–H groups in total. The molecule has 1 aromatic heterocycles. The van der Waals surface area contributed by atoms with E-state index in [1.165, 1.54) is 6.20 Å². The number of nitrogens with one attached hydrogen (secondary N) is 1. The van der Waals surface area contributed by atoms with Gasteiger partial charge >= 0.3 is 0 Å². The first-order valence-corrected chi connectivity index (χ1v) is 7.80. The number of oxazole rings is 1. The molecule has 0 saturated heterocycles. The van der Waals surface area contributed by atoms with Crippen LogP contribution in [0.3, 0.4) is 0 Å². The van der Waals surface area contributed by atoms with Crippen LogP contribution in [-0.2, 0) is 23.0 Å². The molecule has 0 spiro atoms. The standard InChI is InChI=1S/C13H16FN3O3S/c1-3-9-6-16-13(20-9)7-17-21(18,19)12-5-11(15)8(2)4-10(12)14/h4-6,17H,3,7,15H2,1-2H3. The number of halogens is 1. The zero-order valence-corrected chi connectivity index (χ0v) is 12.5. The number of hydrogen-bond acceptors (Lipinski definition) is 5. The molecule has 0 aliphatic rings. The van der Waals surface area contributed by atoms with Gasteiger partial charge in [-0.05, 0) is 24.6 Å². The highest BCUT2D eigenvalue weighted by Gasteiger charge is 2.21. The highest BCUT2D eigenvalue weighted by molar-refractivity contribution is 7.89. The third-order valence-electron chi connectivity index (χ3n) is 2.97. The second-order valence-electron chi connectivity index (χ2n) is 4.54. The minimum atomic E-state index is -4.03. The van der Waals surface area contributed by atoms with Crippen molar-refractivity contribution < 1.29 is 17.2 Å². The lowest BCUT2D eigenvalue weighted by Gasteiger charge is -2.08. The molecule has 0 amide bonds. The van der Waals surface area contributed by atoms with Crippen molar-refractivity contribution in [3.8, 4) is 0 Å². The van der Waals surface area contributed by atoms with Crippen molar-refractivity contribution in [3.63, 3.8) is 0 Å². The van der Waals surface area contributed by atoms with Gasteiger partial charge in [0.05, 0.1) is 12.7 Å². The van der Waals surface area contributed by atoms with E-state index in [1.54, 1.807) is 6.92 Å². The van der Waals surface area contributed by atoms with E-state index in [0.717, 1.165) is 12.1 Å². The van der Waals surface area contributed by atoms with Crippen LogP contribution in [0, 0.1) is 12.7 Å². The summed E-state index contributed by atoms with van der Waals surface area (Å²) in [4.78, 5) is 3.43. The maximum atomic E-state index is 13.8. The van der Waals surface area contributed by atoms with Crippen LogP contribution in [-0.4, -0.2) is 13.4 Å². The Morgan fingerprint density at radius 1 is 1.43 bits per heavy atom. The first-order valence-electron chi connectivity index (χ1n) is 6.32. The number of hydrogen-bond donors (Lipinski definition) is 2. The monoisotopic (exact) mass is 313 g/mol. The van der Waals surface area contributed by atoms with Gasteiger partial charge in [-0.3, -0.25) is 0 Å². The molecule has 2 aromatic rings. The second-order valence-corrected chi connectivity index (χ2v) is 6.27. The maximum Gasteiger partial charge on any atom is 0.244 e. The average Bonchev–Trinajstić information content (AvgIpc) is 2.88. The highest BCUT2D eigenvalue weighted by Crippen LogP contribution is 2.21. The molecule has 21 heavy (non-hydrogen) atoms. The molecule has 0 atom stereocenters. The summed E-state index contributed by atoms with van der Waals surface area (Å²) in [7, 11) is -4.03. The van der Waals surface area contributed by atoms with Crippen molar-refractivity contribution in [1.82, 2.24) is 9.71 Å². The molecular weight excluding hydrogens is 297 g/mol. The topological polar surface area (TPSA) is 98.2 Å². The van der Waals surface area contributed by atoms with Gasteiger partial charge in [0, 0.05) is 12.1 Å². The summed E-state index contributed by atoms with van der Waals surface area (Å²) in [6.45, 7) is 3.33. The number of nitrogens with two attached hydrogens (primary N) is 1. The zero-order valence-electron chi connectivity index (χ0n) is 11.7. The lowest BCUT2D eigenvalue weighted by atomic mass is 10.2. The SMILES string of the molecule is CCc1cnc(CNS(=O)(=O)c2cc(N)c(C)cc2F)o1. The lowest BCUT2D eigenvalue weighted by Crippen LogP contribution is -2.24. The van der Waals surface area contributed by atoms with Gasteiger partial charge in [-0.25, -0.2) is 22.5 Å². The zero-order chi connectivity index (χ0) is 15.6. The fourth-order valence-electron chi connectivity index (χ4n) is 1.70. The number of rotatable bonds is 5. The van der Waals surface area contributed by atoms with Gasteiger partial charge in [0.1, 0.15) is 16.5 Å². The number of aromatic nitrogens is 1. The lowest BCUT2D eigenvalue weighted by molar-refractivity contribution is 0.451. The molecule has 2 rings (SSSR count). The summed E-state index contributed by atoms with van der Waals surface area (Å²) in [5.74, 6) is 0.0155. The van der Waals surface area contributed by atoms with Crippen molar-refractivity contribution in [2.45, 2.75) is 31.7 Å². The van der Waals surface area contributed by atoms with Crippen LogP contribution in [0.2, 0.25) is 0 Å². The summed E-state index contributed by atoms with van der Waals surface area (Å²) in [5.41, 5.74) is 6.31. The average molecular weight is 313 g/mol. The number of benzene rings is 1. The fourth-order valence-corrected chi connectivity index (χ4v) is 2.77. The predicted octanol–water partition coefficient (Wildman–Crippen LogP) is 1.75. The summed E-state index contributed by atoms with van der Waals surface area (Å²) < 4.78 is 45.5. The molecule has 0 radical (unpaired) electrons. The second kappa shape index (κ2) is 5.82. The van der Waals surface area contributed by atoms with E-state index in [0.29, 0.717) is 17.7 Å². The Hall–Kier alpha value is -1.93.